The van der Waals surface area contributed by atoms with E-state index in [9.17, 15) is 19.7 Å². The summed E-state index contributed by atoms with van der Waals surface area (Å²) >= 11 is 0. The van der Waals surface area contributed by atoms with E-state index in [1.54, 1.807) is 0 Å². The number of aromatic nitrogens is 2. The predicted octanol–water partition coefficient (Wildman–Crippen LogP) is 1.49. The molecule has 0 bridgehead atoms. The third kappa shape index (κ3) is 3.81. The van der Waals surface area contributed by atoms with Crippen molar-refractivity contribution in [2.24, 2.45) is 5.73 Å². The third-order valence-corrected chi connectivity index (χ3v) is 4.67. The quantitative estimate of drug-likeness (QED) is 0.881. The van der Waals surface area contributed by atoms with Gasteiger partial charge in [-0.2, -0.15) is 10.5 Å². The molecule has 27 heavy (non-hydrogen) atoms. The van der Waals surface area contributed by atoms with Gasteiger partial charge in [-0.05, 0) is 43.5 Å². The second-order valence-electron chi connectivity index (χ2n) is 7.07. The number of halogens is 1. The maximum atomic E-state index is 13.7. The number of nitrogens with two attached hydrogens (primary N) is 1. The van der Waals surface area contributed by atoms with Crippen LogP contribution in [0.15, 0.2) is 29.2 Å². The maximum Gasteiger partial charge on any atom is 0.273 e. The van der Waals surface area contributed by atoms with E-state index in [2.05, 4.69) is 4.98 Å². The standard InChI is InChI=1S/C19H19FN6O/c1-19(23)5-2-6-25(12-19)18-24-10-15(9-22)17(27)26(18)11-14-7-16(20)4-3-13(14)8-21/h3-4,7,10H,2,5-6,11-12,23H2,1H3/t19-/m1/s1. The Bertz CT molecular complexity index is 1010. The second-order valence-corrected chi connectivity index (χ2v) is 7.07. The molecule has 2 aromatic rings. The van der Waals surface area contributed by atoms with Gasteiger partial charge in [0, 0.05) is 18.6 Å². The van der Waals surface area contributed by atoms with E-state index in [1.165, 1.54) is 29.0 Å². The molecule has 0 unspecified atom stereocenters. The first kappa shape index (κ1) is 18.6. The van der Waals surface area contributed by atoms with Crippen LogP contribution in [0.5, 0.6) is 0 Å². The predicted molar refractivity (Wildman–Crippen MR) is 97.5 cm³/mol. The van der Waals surface area contributed by atoms with Crippen molar-refractivity contribution >= 4 is 5.95 Å². The van der Waals surface area contributed by atoms with Crippen molar-refractivity contribution in [3.05, 3.63) is 57.3 Å². The van der Waals surface area contributed by atoms with E-state index in [0.29, 0.717) is 24.6 Å². The minimum Gasteiger partial charge on any atom is -0.340 e. The van der Waals surface area contributed by atoms with Crippen molar-refractivity contribution in [1.29, 1.82) is 10.5 Å². The summed E-state index contributed by atoms with van der Waals surface area (Å²) in [5, 5.41) is 18.5. The Morgan fingerprint density at radius 1 is 1.33 bits per heavy atom. The number of benzene rings is 1. The van der Waals surface area contributed by atoms with Crippen LogP contribution in [-0.2, 0) is 6.54 Å². The molecule has 8 heteroatoms. The average molecular weight is 366 g/mol. The van der Waals surface area contributed by atoms with Crippen LogP contribution >= 0.6 is 0 Å². The summed E-state index contributed by atoms with van der Waals surface area (Å²) in [5.74, 6) is -0.140. The summed E-state index contributed by atoms with van der Waals surface area (Å²) in [7, 11) is 0. The van der Waals surface area contributed by atoms with Gasteiger partial charge in [-0.15, -0.1) is 0 Å². The molecule has 1 aliphatic heterocycles. The van der Waals surface area contributed by atoms with Gasteiger partial charge in [0.1, 0.15) is 17.4 Å². The number of hydrogen-bond acceptors (Lipinski definition) is 6. The van der Waals surface area contributed by atoms with Crippen molar-refractivity contribution in [3.8, 4) is 12.1 Å². The fraction of sp³-hybridized carbons (Fsp3) is 0.368. The Hall–Kier alpha value is -3.23. The van der Waals surface area contributed by atoms with E-state index in [4.69, 9.17) is 5.73 Å². The van der Waals surface area contributed by atoms with Crippen molar-refractivity contribution in [2.75, 3.05) is 18.0 Å². The van der Waals surface area contributed by atoms with Gasteiger partial charge in [-0.3, -0.25) is 9.36 Å². The van der Waals surface area contributed by atoms with Crippen molar-refractivity contribution in [3.63, 3.8) is 0 Å². The Labute approximate surface area is 156 Å². The first-order valence-corrected chi connectivity index (χ1v) is 8.57. The van der Waals surface area contributed by atoms with Crippen molar-refractivity contribution in [2.45, 2.75) is 31.8 Å². The molecule has 2 heterocycles. The van der Waals surface area contributed by atoms with Gasteiger partial charge < -0.3 is 10.6 Å². The highest BCUT2D eigenvalue weighted by Crippen LogP contribution is 2.23. The molecule has 1 atom stereocenters. The number of hydrogen-bond donors (Lipinski definition) is 1. The van der Waals surface area contributed by atoms with Gasteiger partial charge in [0.15, 0.2) is 0 Å². The summed E-state index contributed by atoms with van der Waals surface area (Å²) in [6.45, 7) is 3.04. The Kier molecular flexibility index (Phi) is 4.93. The smallest absolute Gasteiger partial charge is 0.273 e. The van der Waals surface area contributed by atoms with E-state index < -0.39 is 16.9 Å². The molecule has 0 amide bonds. The molecule has 3 rings (SSSR count). The normalized spacial score (nSPS) is 19.4. The van der Waals surface area contributed by atoms with Gasteiger partial charge in [0.25, 0.3) is 5.56 Å². The van der Waals surface area contributed by atoms with E-state index in [0.717, 1.165) is 12.8 Å². The lowest BCUT2D eigenvalue weighted by atomic mass is 9.93. The van der Waals surface area contributed by atoms with Crippen molar-refractivity contribution in [1.82, 2.24) is 9.55 Å². The Morgan fingerprint density at radius 2 is 2.07 bits per heavy atom. The summed E-state index contributed by atoms with van der Waals surface area (Å²) in [6, 6.07) is 7.62. The van der Waals surface area contributed by atoms with Crippen LogP contribution in [0.3, 0.4) is 0 Å². The summed E-state index contributed by atoms with van der Waals surface area (Å²) in [4.78, 5) is 19.0. The molecule has 1 fully saturated rings. The van der Waals surface area contributed by atoms with Crippen LogP contribution in [0.4, 0.5) is 10.3 Å². The van der Waals surface area contributed by atoms with E-state index >= 15 is 0 Å². The molecule has 2 N–H and O–H groups in total. The maximum absolute atomic E-state index is 13.7. The van der Waals surface area contributed by atoms with Crippen molar-refractivity contribution < 1.29 is 4.39 Å². The summed E-state index contributed by atoms with van der Waals surface area (Å²) in [6.07, 6.45) is 2.94. The first-order valence-electron chi connectivity index (χ1n) is 8.57. The van der Waals surface area contributed by atoms with Crippen LogP contribution in [-0.4, -0.2) is 28.2 Å². The highest BCUT2D eigenvalue weighted by molar-refractivity contribution is 5.41. The molecule has 0 saturated carbocycles. The number of nitrogens with zero attached hydrogens (tertiary/aromatic N) is 5. The zero-order valence-electron chi connectivity index (χ0n) is 14.9. The Balaban J connectivity index is 2.11. The topological polar surface area (TPSA) is 112 Å². The molecular weight excluding hydrogens is 347 g/mol. The molecule has 1 aromatic heterocycles. The van der Waals surface area contributed by atoms with Crippen LogP contribution in [0.2, 0.25) is 0 Å². The van der Waals surface area contributed by atoms with Gasteiger partial charge >= 0.3 is 0 Å². The van der Waals surface area contributed by atoms with Crippen LogP contribution in [0.1, 0.15) is 36.5 Å². The van der Waals surface area contributed by atoms with Crippen LogP contribution in [0.25, 0.3) is 0 Å². The molecule has 0 aliphatic carbocycles. The molecule has 1 aromatic carbocycles. The number of rotatable bonds is 3. The number of anilines is 1. The molecule has 0 spiro atoms. The highest BCUT2D eigenvalue weighted by Gasteiger charge is 2.29. The first-order chi connectivity index (χ1) is 12.8. The minimum absolute atomic E-state index is 0.0604. The van der Waals surface area contributed by atoms with E-state index in [1.807, 2.05) is 24.0 Å². The van der Waals surface area contributed by atoms with Gasteiger partial charge in [0.2, 0.25) is 5.95 Å². The molecular formula is C19H19FN6O. The fourth-order valence-corrected chi connectivity index (χ4v) is 3.37. The molecule has 0 radical (unpaired) electrons. The summed E-state index contributed by atoms with van der Waals surface area (Å²) < 4.78 is 15.0. The fourth-order valence-electron chi connectivity index (χ4n) is 3.37. The minimum atomic E-state index is -0.528. The molecule has 138 valence electrons. The zero-order chi connectivity index (χ0) is 19.6. The van der Waals surface area contributed by atoms with Gasteiger partial charge in [-0.1, -0.05) is 0 Å². The average Bonchev–Trinajstić information content (AvgIpc) is 2.62. The van der Waals surface area contributed by atoms with Gasteiger partial charge in [-0.25, -0.2) is 9.37 Å². The third-order valence-electron chi connectivity index (χ3n) is 4.67. The number of piperidine rings is 1. The molecule has 1 aliphatic rings. The SMILES string of the molecule is C[C@@]1(N)CCCN(c2ncc(C#N)c(=O)n2Cc2cc(F)ccc2C#N)C1. The lowest BCUT2D eigenvalue weighted by Gasteiger charge is -2.39. The highest BCUT2D eigenvalue weighted by atomic mass is 19.1. The summed E-state index contributed by atoms with van der Waals surface area (Å²) in [5.41, 5.74) is 5.82. The lowest BCUT2D eigenvalue weighted by Crippen LogP contribution is -2.53. The van der Waals surface area contributed by atoms with Gasteiger partial charge in [0.05, 0.1) is 24.4 Å². The van der Waals surface area contributed by atoms with Crippen LogP contribution < -0.4 is 16.2 Å². The largest absolute Gasteiger partial charge is 0.340 e. The second kappa shape index (κ2) is 7.18. The zero-order valence-corrected chi connectivity index (χ0v) is 14.9. The molecule has 1 saturated heterocycles. The Morgan fingerprint density at radius 3 is 2.74 bits per heavy atom. The lowest BCUT2D eigenvalue weighted by molar-refractivity contribution is 0.368. The number of nitriles is 2. The van der Waals surface area contributed by atoms with Crippen LogP contribution in [0, 0.1) is 28.5 Å². The molecule has 7 nitrogen and oxygen atoms in total. The van der Waals surface area contributed by atoms with E-state index in [-0.39, 0.29) is 17.7 Å². The monoisotopic (exact) mass is 366 g/mol.